The third-order valence-corrected chi connectivity index (χ3v) is 5.85. The number of para-hydroxylation sites is 1. The molecule has 3 aromatic rings. The van der Waals surface area contributed by atoms with Crippen LogP contribution in [0.3, 0.4) is 0 Å². The summed E-state index contributed by atoms with van der Waals surface area (Å²) in [6, 6.07) is 26.8. The molecule has 31 heavy (non-hydrogen) atoms. The number of hydrogen-bond donors (Lipinski definition) is 1. The molecule has 1 aliphatic heterocycles. The van der Waals surface area contributed by atoms with Gasteiger partial charge in [0, 0.05) is 11.5 Å². The highest BCUT2D eigenvalue weighted by atomic mass is 16.3. The standard InChI is InChI=1S/C27H25NO3/c1-20(19-29)16-23(17-21-10-4-2-5-11-21)27(31)24-14-8-9-15-25(24)28(26(27)30)18-22-12-6-3-7-13-22/h2-16,19,23,31H,17-18H2,1H3/b20-16+/t23?,27-/m1/s1. The maximum Gasteiger partial charge on any atom is 0.264 e. The molecule has 1 unspecified atom stereocenters. The molecule has 0 saturated carbocycles. The van der Waals surface area contributed by atoms with E-state index < -0.39 is 11.5 Å². The Kier molecular flexibility index (Phi) is 5.83. The number of carbonyl (C=O) groups is 2. The summed E-state index contributed by atoms with van der Waals surface area (Å²) < 4.78 is 0. The fraction of sp³-hybridized carbons (Fsp3) is 0.185. The molecule has 1 N–H and O–H groups in total. The Hall–Kier alpha value is -3.50. The summed E-state index contributed by atoms with van der Waals surface area (Å²) in [5.74, 6) is -0.956. The van der Waals surface area contributed by atoms with Crippen molar-refractivity contribution in [3.63, 3.8) is 0 Å². The average Bonchev–Trinajstić information content (AvgIpc) is 3.03. The average molecular weight is 412 g/mol. The Morgan fingerprint density at radius 3 is 2.16 bits per heavy atom. The third kappa shape index (κ3) is 3.94. The molecule has 1 heterocycles. The molecule has 4 rings (SSSR count). The van der Waals surface area contributed by atoms with Crippen LogP contribution in [0.1, 0.15) is 23.6 Å². The zero-order valence-corrected chi connectivity index (χ0v) is 17.4. The minimum Gasteiger partial charge on any atom is -0.375 e. The van der Waals surface area contributed by atoms with Gasteiger partial charge in [-0.3, -0.25) is 9.59 Å². The highest BCUT2D eigenvalue weighted by Crippen LogP contribution is 2.46. The van der Waals surface area contributed by atoms with Gasteiger partial charge in [-0.15, -0.1) is 0 Å². The lowest BCUT2D eigenvalue weighted by Crippen LogP contribution is -2.45. The first-order chi connectivity index (χ1) is 15.0. The van der Waals surface area contributed by atoms with Crippen molar-refractivity contribution in [3.8, 4) is 0 Å². The first-order valence-electron chi connectivity index (χ1n) is 10.4. The van der Waals surface area contributed by atoms with Gasteiger partial charge in [-0.1, -0.05) is 84.9 Å². The Labute approximate surface area is 182 Å². The summed E-state index contributed by atoms with van der Waals surface area (Å²) >= 11 is 0. The van der Waals surface area contributed by atoms with Gasteiger partial charge < -0.3 is 10.0 Å². The van der Waals surface area contributed by atoms with Crippen molar-refractivity contribution in [3.05, 3.63) is 113 Å². The summed E-state index contributed by atoms with van der Waals surface area (Å²) in [7, 11) is 0. The fourth-order valence-electron chi connectivity index (χ4n) is 4.29. The Balaban J connectivity index is 1.80. The molecule has 0 saturated heterocycles. The molecule has 0 aliphatic carbocycles. The highest BCUT2D eigenvalue weighted by molar-refractivity contribution is 6.07. The number of hydrogen-bond acceptors (Lipinski definition) is 3. The summed E-state index contributed by atoms with van der Waals surface area (Å²) in [4.78, 5) is 26.8. The molecule has 0 fully saturated rings. The Morgan fingerprint density at radius 1 is 0.935 bits per heavy atom. The number of allylic oxidation sites excluding steroid dienone is 1. The minimum atomic E-state index is -1.76. The van der Waals surface area contributed by atoms with Crippen molar-refractivity contribution < 1.29 is 14.7 Å². The quantitative estimate of drug-likeness (QED) is 0.462. The zero-order valence-electron chi connectivity index (χ0n) is 17.4. The van der Waals surface area contributed by atoms with Gasteiger partial charge in [0.1, 0.15) is 6.29 Å². The monoisotopic (exact) mass is 411 g/mol. The molecular formula is C27H25NO3. The Bertz CT molecular complexity index is 1110. The van der Waals surface area contributed by atoms with Crippen LogP contribution in [0.15, 0.2) is 96.6 Å². The van der Waals surface area contributed by atoms with Crippen LogP contribution in [0.25, 0.3) is 0 Å². The van der Waals surface area contributed by atoms with Crippen LogP contribution >= 0.6 is 0 Å². The van der Waals surface area contributed by atoms with Crippen LogP contribution in [0.5, 0.6) is 0 Å². The Morgan fingerprint density at radius 2 is 1.52 bits per heavy atom. The van der Waals surface area contributed by atoms with E-state index >= 15 is 0 Å². The van der Waals surface area contributed by atoms with E-state index in [2.05, 4.69) is 0 Å². The smallest absolute Gasteiger partial charge is 0.264 e. The van der Waals surface area contributed by atoms with Crippen molar-refractivity contribution in [2.45, 2.75) is 25.5 Å². The number of rotatable bonds is 7. The molecule has 1 amide bonds. The van der Waals surface area contributed by atoms with Gasteiger partial charge in [-0.05, 0) is 36.1 Å². The maximum absolute atomic E-state index is 13.7. The van der Waals surface area contributed by atoms with Crippen molar-refractivity contribution in [2.24, 2.45) is 5.92 Å². The van der Waals surface area contributed by atoms with Gasteiger partial charge in [0.15, 0.2) is 5.60 Å². The van der Waals surface area contributed by atoms with E-state index in [-0.39, 0.29) is 5.91 Å². The van der Waals surface area contributed by atoms with E-state index in [4.69, 9.17) is 0 Å². The lowest BCUT2D eigenvalue weighted by molar-refractivity contribution is -0.140. The number of amides is 1. The molecule has 4 heteroatoms. The van der Waals surface area contributed by atoms with E-state index in [1.54, 1.807) is 24.0 Å². The lowest BCUT2D eigenvalue weighted by Gasteiger charge is -2.31. The summed E-state index contributed by atoms with van der Waals surface area (Å²) in [5.41, 5.74) is 1.98. The van der Waals surface area contributed by atoms with Crippen molar-refractivity contribution in [2.75, 3.05) is 4.90 Å². The van der Waals surface area contributed by atoms with E-state index in [1.165, 1.54) is 0 Å². The summed E-state index contributed by atoms with van der Waals surface area (Å²) in [5, 5.41) is 12.0. The minimum absolute atomic E-state index is 0.367. The van der Waals surface area contributed by atoms with Gasteiger partial charge in [-0.25, -0.2) is 0 Å². The van der Waals surface area contributed by atoms with Gasteiger partial charge in [-0.2, -0.15) is 0 Å². The number of carbonyl (C=O) groups excluding carboxylic acids is 2. The third-order valence-electron chi connectivity index (χ3n) is 5.85. The molecule has 0 radical (unpaired) electrons. The second-order valence-electron chi connectivity index (χ2n) is 7.99. The van der Waals surface area contributed by atoms with E-state index in [1.807, 2.05) is 78.9 Å². The predicted molar refractivity (Wildman–Crippen MR) is 121 cm³/mol. The predicted octanol–water partition coefficient (Wildman–Crippen LogP) is 4.43. The summed E-state index contributed by atoms with van der Waals surface area (Å²) in [6.07, 6.45) is 2.91. The number of anilines is 1. The zero-order chi connectivity index (χ0) is 21.8. The van der Waals surface area contributed by atoms with Gasteiger partial charge >= 0.3 is 0 Å². The topological polar surface area (TPSA) is 57.6 Å². The number of benzene rings is 3. The number of aldehydes is 1. The molecule has 2 atom stereocenters. The van der Waals surface area contributed by atoms with Gasteiger partial charge in [0.05, 0.1) is 12.2 Å². The maximum atomic E-state index is 13.7. The van der Waals surface area contributed by atoms with Crippen molar-refractivity contribution in [1.82, 2.24) is 0 Å². The van der Waals surface area contributed by atoms with Gasteiger partial charge in [0.25, 0.3) is 5.91 Å². The molecule has 0 spiro atoms. The first-order valence-corrected chi connectivity index (χ1v) is 10.4. The SMILES string of the molecule is C/C(C=O)=C\C(Cc1ccccc1)[C@]1(O)C(=O)N(Cc2ccccc2)c2ccccc21. The lowest BCUT2D eigenvalue weighted by atomic mass is 9.78. The molecule has 0 aromatic heterocycles. The van der Waals surface area contributed by atoms with Crippen LogP contribution < -0.4 is 4.90 Å². The van der Waals surface area contributed by atoms with Crippen molar-refractivity contribution in [1.29, 1.82) is 0 Å². The molecule has 4 nitrogen and oxygen atoms in total. The second-order valence-corrected chi connectivity index (χ2v) is 7.99. The van der Waals surface area contributed by atoms with Crippen LogP contribution in [0.2, 0.25) is 0 Å². The molecule has 3 aromatic carbocycles. The van der Waals surface area contributed by atoms with Crippen LogP contribution in [-0.4, -0.2) is 17.3 Å². The van der Waals surface area contributed by atoms with Crippen LogP contribution in [0.4, 0.5) is 5.69 Å². The second kappa shape index (κ2) is 8.70. The largest absolute Gasteiger partial charge is 0.375 e. The normalized spacial score (nSPS) is 19.2. The van der Waals surface area contributed by atoms with Crippen LogP contribution in [-0.2, 0) is 28.2 Å². The van der Waals surface area contributed by atoms with Crippen LogP contribution in [0, 0.1) is 5.92 Å². The van der Waals surface area contributed by atoms with E-state index in [9.17, 15) is 14.7 Å². The summed E-state index contributed by atoms with van der Waals surface area (Å²) in [6.45, 7) is 2.06. The first kappa shape index (κ1) is 20.8. The van der Waals surface area contributed by atoms with Crippen molar-refractivity contribution >= 4 is 17.9 Å². The molecule has 0 bridgehead atoms. The van der Waals surface area contributed by atoms with E-state index in [0.717, 1.165) is 17.4 Å². The molecule has 1 aliphatic rings. The number of fused-ring (bicyclic) bond motifs is 1. The van der Waals surface area contributed by atoms with Gasteiger partial charge in [0.2, 0.25) is 0 Å². The molecular weight excluding hydrogens is 386 g/mol. The molecule has 156 valence electrons. The fourth-order valence-corrected chi connectivity index (χ4v) is 4.29. The van der Waals surface area contributed by atoms with E-state index in [0.29, 0.717) is 29.8 Å². The number of aliphatic hydroxyl groups is 1. The highest BCUT2D eigenvalue weighted by Gasteiger charge is 2.53. The number of nitrogens with zero attached hydrogens (tertiary/aromatic N) is 1.